The van der Waals surface area contributed by atoms with Crippen LogP contribution in [0.25, 0.3) is 33.6 Å². The Labute approximate surface area is 260 Å². The average Bonchev–Trinajstić information content (AvgIpc) is 3.72. The second-order valence-corrected chi connectivity index (χ2v) is 10.8. The maximum atomic E-state index is 13.6. The number of ether oxygens (including phenoxy) is 1. The molecule has 2 aromatic heterocycles. The van der Waals surface area contributed by atoms with Crippen LogP contribution in [0.1, 0.15) is 48.6 Å². The molecular weight excluding hydrogens is 642 g/mol. The number of nitrogens with zero attached hydrogens (tertiary/aromatic N) is 5. The third kappa shape index (κ3) is 6.05. The Kier molecular flexibility index (Phi) is 9.53. The summed E-state index contributed by atoms with van der Waals surface area (Å²) in [5.41, 5.74) is 5.11. The lowest BCUT2D eigenvalue weighted by Crippen LogP contribution is -2.45. The normalized spacial score (nSPS) is 12.0. The molecule has 43 heavy (non-hydrogen) atoms. The summed E-state index contributed by atoms with van der Waals surface area (Å²) >= 11 is 10.4. The molecule has 12 nitrogen and oxygen atoms in total. The van der Waals surface area contributed by atoms with Crippen molar-refractivity contribution in [2.45, 2.75) is 45.7 Å². The van der Waals surface area contributed by atoms with Crippen LogP contribution >= 0.6 is 27.5 Å². The van der Waals surface area contributed by atoms with Crippen LogP contribution in [0.4, 0.5) is 0 Å². The van der Waals surface area contributed by atoms with Crippen molar-refractivity contribution in [3.05, 3.63) is 69.6 Å². The maximum Gasteiger partial charge on any atom is 0.331 e. The molecule has 3 N–H and O–H groups in total. The minimum absolute atomic E-state index is 0.0104. The lowest BCUT2D eigenvalue weighted by Gasteiger charge is -2.18. The van der Waals surface area contributed by atoms with E-state index >= 15 is 0 Å². The number of esters is 1. The number of H-pyrrole nitrogens is 1. The Bertz CT molecular complexity index is 1700. The zero-order valence-corrected chi connectivity index (χ0v) is 25.8. The van der Waals surface area contributed by atoms with E-state index < -0.39 is 24.5 Å². The number of halogens is 2. The molecule has 1 aliphatic carbocycles. The Morgan fingerprint density at radius 2 is 1.98 bits per heavy atom. The summed E-state index contributed by atoms with van der Waals surface area (Å²) in [5.74, 6) is -0.306. The van der Waals surface area contributed by atoms with Gasteiger partial charge in [0.25, 0.3) is 5.91 Å². The highest BCUT2D eigenvalue weighted by atomic mass is 79.9. The van der Waals surface area contributed by atoms with Crippen molar-refractivity contribution in [3.63, 3.8) is 0 Å². The number of nitrogens with one attached hydrogen (secondary N) is 2. The van der Waals surface area contributed by atoms with Gasteiger partial charge in [0.1, 0.15) is 11.5 Å². The number of aliphatic hydroxyl groups excluding tert-OH is 1. The van der Waals surface area contributed by atoms with E-state index in [9.17, 15) is 14.7 Å². The largest absolute Gasteiger partial charge is 0.472 e. The van der Waals surface area contributed by atoms with Crippen LogP contribution in [0, 0.1) is 0 Å². The molecule has 2 aliphatic rings. The lowest BCUT2D eigenvalue weighted by molar-refractivity contribution is -0.146. The lowest BCUT2D eigenvalue weighted by atomic mass is 9.97. The number of hydrogen-bond donors (Lipinski definition) is 3. The molecule has 3 aromatic rings. The summed E-state index contributed by atoms with van der Waals surface area (Å²) in [7, 11) is 0. The first-order valence-electron chi connectivity index (χ1n) is 13.7. The number of fused-ring (bicyclic) bond motifs is 1. The number of aryl methyl sites for hydroxylation is 1. The molecule has 224 valence electrons. The second kappa shape index (κ2) is 13.5. The average molecular weight is 671 g/mol. The van der Waals surface area contributed by atoms with Gasteiger partial charge in [0.2, 0.25) is 0 Å². The highest BCUT2D eigenvalue weighted by molar-refractivity contribution is 9.10. The van der Waals surface area contributed by atoms with Crippen molar-refractivity contribution < 1.29 is 23.8 Å². The standard InChI is InChI=1S/C29H29BrClN7O5/c1-3-5-10-22-33-26(31)25(28(40)32-21(14-39)29(41)43-4-2)38(22)13-19-16-11-12-42-15-20(16)24(30)23(19)17-8-6-7-9-18(17)27-34-36-37-35-27/h6-9,11-12,15,21,39H,3-5,10,13-14H2,1-2H3,(H,32,40)(H,34,35,36,37)/t21-/m0/s1. The van der Waals surface area contributed by atoms with Crippen LogP contribution in [-0.2, 0) is 22.5 Å². The smallest absolute Gasteiger partial charge is 0.331 e. The molecule has 0 fully saturated rings. The van der Waals surface area contributed by atoms with Gasteiger partial charge in [-0.25, -0.2) is 14.9 Å². The maximum absolute atomic E-state index is 13.6. The van der Waals surface area contributed by atoms with Crippen LogP contribution in [-0.4, -0.2) is 66.4 Å². The first-order chi connectivity index (χ1) is 20.9. The number of rotatable bonds is 12. The summed E-state index contributed by atoms with van der Waals surface area (Å²) in [6, 6.07) is 8.30. The Balaban J connectivity index is 1.67. The molecule has 0 saturated carbocycles. The number of imidazole rings is 1. The van der Waals surface area contributed by atoms with E-state index in [2.05, 4.69) is 53.8 Å². The number of tetrazole rings is 1. The fraction of sp³-hybridized carbons (Fsp3) is 0.310. The summed E-state index contributed by atoms with van der Waals surface area (Å²) in [6.45, 7) is 3.37. The zero-order valence-electron chi connectivity index (χ0n) is 23.4. The number of amides is 1. The Hall–Kier alpha value is -4.07. The van der Waals surface area contributed by atoms with Crippen molar-refractivity contribution in [2.24, 2.45) is 0 Å². The fourth-order valence-corrected chi connectivity index (χ4v) is 6.06. The second-order valence-electron chi connectivity index (χ2n) is 9.66. The van der Waals surface area contributed by atoms with Crippen LogP contribution in [0.3, 0.4) is 0 Å². The van der Waals surface area contributed by atoms with Gasteiger partial charge in [-0.1, -0.05) is 49.2 Å². The Morgan fingerprint density at radius 1 is 1.19 bits per heavy atom. The number of aromatic nitrogens is 6. The summed E-state index contributed by atoms with van der Waals surface area (Å²) in [5, 5.41) is 26.8. The third-order valence-electron chi connectivity index (χ3n) is 7.02. The summed E-state index contributed by atoms with van der Waals surface area (Å²) in [4.78, 5) is 30.5. The van der Waals surface area contributed by atoms with E-state index in [4.69, 9.17) is 20.8 Å². The van der Waals surface area contributed by atoms with Gasteiger partial charge >= 0.3 is 5.97 Å². The SMILES string of the molecule is CCCCc1nc(Cl)c(C(=O)N[C@@H](CO)C(=O)OCC)n1Cc1c2ccocc-2c(Br)c1-c1ccccc1-c1nnn[nH]1. The summed E-state index contributed by atoms with van der Waals surface area (Å²) < 4.78 is 13.1. The molecule has 3 heterocycles. The molecular formula is C29H29BrClN7O5. The van der Waals surface area contributed by atoms with Gasteiger partial charge < -0.3 is 24.1 Å². The van der Waals surface area contributed by atoms with Crippen molar-refractivity contribution in [3.8, 4) is 33.6 Å². The predicted octanol–water partition coefficient (Wildman–Crippen LogP) is 4.89. The first kappa shape index (κ1) is 30.4. The summed E-state index contributed by atoms with van der Waals surface area (Å²) in [6.07, 6.45) is 5.52. The van der Waals surface area contributed by atoms with Gasteiger partial charge in [-0.05, 0) is 62.5 Å². The number of aromatic amines is 1. The van der Waals surface area contributed by atoms with E-state index in [0.717, 1.165) is 50.7 Å². The van der Waals surface area contributed by atoms with E-state index in [-0.39, 0.29) is 24.0 Å². The fourth-order valence-electron chi connectivity index (χ4n) is 5.01. The number of aliphatic hydroxyl groups is 1. The zero-order chi connectivity index (χ0) is 30.5. The van der Waals surface area contributed by atoms with Crippen molar-refractivity contribution in [1.29, 1.82) is 0 Å². The molecule has 14 heteroatoms. The van der Waals surface area contributed by atoms with Crippen LogP contribution in [0.5, 0.6) is 0 Å². The van der Waals surface area contributed by atoms with E-state index in [0.29, 0.717) is 18.1 Å². The molecule has 1 atom stereocenters. The number of carbonyl (C=O) groups excluding carboxylic acids is 2. The van der Waals surface area contributed by atoms with Crippen molar-refractivity contribution in [1.82, 2.24) is 35.5 Å². The minimum Gasteiger partial charge on any atom is -0.472 e. The van der Waals surface area contributed by atoms with Crippen LogP contribution in [0.15, 0.2) is 51.7 Å². The number of hydrogen-bond acceptors (Lipinski definition) is 9. The highest BCUT2D eigenvalue weighted by Gasteiger charge is 2.31. The number of benzene rings is 1. The van der Waals surface area contributed by atoms with Gasteiger partial charge in [0.05, 0.1) is 32.3 Å². The number of unbranched alkanes of at least 4 members (excludes halogenated alkanes) is 1. The van der Waals surface area contributed by atoms with Gasteiger partial charge in [-0.2, -0.15) is 0 Å². The first-order valence-corrected chi connectivity index (χ1v) is 14.9. The quantitative estimate of drug-likeness (QED) is 0.157. The third-order valence-corrected chi connectivity index (χ3v) is 8.10. The van der Waals surface area contributed by atoms with Gasteiger partial charge in [0, 0.05) is 27.6 Å². The van der Waals surface area contributed by atoms with E-state index in [1.165, 1.54) is 0 Å². The highest BCUT2D eigenvalue weighted by Crippen LogP contribution is 2.48. The van der Waals surface area contributed by atoms with Gasteiger partial charge in [-0.15, -0.1) is 5.10 Å². The molecule has 1 aromatic carbocycles. The van der Waals surface area contributed by atoms with E-state index in [1.54, 1.807) is 24.0 Å². The Morgan fingerprint density at radius 3 is 2.67 bits per heavy atom. The van der Waals surface area contributed by atoms with Crippen molar-refractivity contribution >= 4 is 39.4 Å². The van der Waals surface area contributed by atoms with E-state index in [1.807, 2.05) is 30.3 Å². The van der Waals surface area contributed by atoms with Gasteiger partial charge in [0.15, 0.2) is 17.0 Å². The van der Waals surface area contributed by atoms with Crippen LogP contribution < -0.4 is 5.32 Å². The topological polar surface area (TPSA) is 161 Å². The molecule has 1 aliphatic heterocycles. The molecule has 1 amide bonds. The van der Waals surface area contributed by atoms with Crippen LogP contribution in [0.2, 0.25) is 5.15 Å². The van der Waals surface area contributed by atoms with Crippen molar-refractivity contribution in [2.75, 3.05) is 13.2 Å². The monoisotopic (exact) mass is 669 g/mol. The molecule has 0 spiro atoms. The molecule has 0 bridgehead atoms. The number of carbonyl (C=O) groups is 2. The molecule has 0 saturated heterocycles. The predicted molar refractivity (Wildman–Crippen MR) is 162 cm³/mol. The molecule has 5 rings (SSSR count). The molecule has 0 radical (unpaired) electrons. The molecule has 0 unspecified atom stereocenters. The minimum atomic E-state index is -1.26. The van der Waals surface area contributed by atoms with Gasteiger partial charge in [-0.3, -0.25) is 4.79 Å².